The summed E-state index contributed by atoms with van der Waals surface area (Å²) in [7, 11) is 0. The van der Waals surface area contributed by atoms with Crippen LogP contribution < -0.4 is 5.43 Å². The van der Waals surface area contributed by atoms with Crippen LogP contribution in [0.2, 0.25) is 0 Å². The van der Waals surface area contributed by atoms with E-state index in [0.717, 1.165) is 12.0 Å². The maximum absolute atomic E-state index is 13.7. The summed E-state index contributed by atoms with van der Waals surface area (Å²) >= 11 is 0. The van der Waals surface area contributed by atoms with Crippen molar-refractivity contribution in [3.05, 3.63) is 124 Å². The topological polar surface area (TPSA) is 70.8 Å². The Hall–Kier alpha value is -4.52. The fourth-order valence-electron chi connectivity index (χ4n) is 4.26. The number of para-hydroxylation sites is 1. The number of amides is 2. The van der Waals surface area contributed by atoms with Crippen LogP contribution in [-0.4, -0.2) is 34.7 Å². The van der Waals surface area contributed by atoms with Crippen LogP contribution in [-0.2, 0) is 22.7 Å². The first kappa shape index (κ1) is 28.5. The average molecular weight is 541 g/mol. The lowest BCUT2D eigenvalue weighted by atomic mass is 10.1. The molecule has 0 saturated carbocycles. The summed E-state index contributed by atoms with van der Waals surface area (Å²) < 4.78 is 19.2. The van der Waals surface area contributed by atoms with Gasteiger partial charge in [0.1, 0.15) is 17.9 Å². The fourth-order valence-corrected chi connectivity index (χ4v) is 4.26. The third-order valence-corrected chi connectivity index (χ3v) is 6.58. The van der Waals surface area contributed by atoms with Gasteiger partial charge in [-0.25, -0.2) is 4.39 Å². The van der Waals surface area contributed by atoms with E-state index in [0.29, 0.717) is 34.6 Å². The molecule has 3 aromatic carbocycles. The number of halogens is 1. The van der Waals surface area contributed by atoms with E-state index in [1.165, 1.54) is 34.3 Å². The lowest BCUT2D eigenvalue weighted by Gasteiger charge is -2.28. The molecule has 40 heavy (non-hydrogen) atoms. The van der Waals surface area contributed by atoms with Crippen molar-refractivity contribution in [3.63, 3.8) is 0 Å². The van der Waals surface area contributed by atoms with E-state index in [9.17, 15) is 18.8 Å². The van der Waals surface area contributed by atoms with E-state index in [1.54, 1.807) is 42.5 Å². The van der Waals surface area contributed by atoms with Gasteiger partial charge in [-0.2, -0.15) is 0 Å². The molecular formula is C33H33FN2O4. The standard InChI is InChI=1S/C33H33FN2O4/c1-24(2)18-19-35(31(37)17-14-25-8-4-3-5-9-25)22-32(38)36(20-26-12-15-28(34)16-13-26)21-27-23-40-30-11-7-6-10-29(30)33(27)39/h3-17,23-24H,18-22H2,1-2H3. The molecule has 7 heteroatoms. The molecule has 1 heterocycles. The second kappa shape index (κ2) is 13.5. The maximum atomic E-state index is 13.7. The van der Waals surface area contributed by atoms with Gasteiger partial charge in [-0.3, -0.25) is 14.4 Å². The highest BCUT2D eigenvalue weighted by Gasteiger charge is 2.22. The van der Waals surface area contributed by atoms with E-state index < -0.39 is 0 Å². The number of hydrogen-bond acceptors (Lipinski definition) is 4. The Bertz CT molecular complexity index is 1530. The zero-order valence-corrected chi connectivity index (χ0v) is 22.8. The fraction of sp³-hybridized carbons (Fsp3) is 0.242. The third kappa shape index (κ3) is 7.76. The van der Waals surface area contributed by atoms with Crippen molar-refractivity contribution < 1.29 is 18.4 Å². The predicted octanol–water partition coefficient (Wildman–Crippen LogP) is 6.05. The zero-order valence-electron chi connectivity index (χ0n) is 22.8. The number of carbonyl (C=O) groups excluding carboxylic acids is 2. The molecule has 2 amide bonds. The van der Waals surface area contributed by atoms with Crippen LogP contribution in [0.4, 0.5) is 4.39 Å². The first-order valence-electron chi connectivity index (χ1n) is 13.3. The lowest BCUT2D eigenvalue weighted by Crippen LogP contribution is -2.43. The Morgan fingerprint density at radius 3 is 2.33 bits per heavy atom. The normalized spacial score (nSPS) is 11.3. The molecule has 0 atom stereocenters. The summed E-state index contributed by atoms with van der Waals surface area (Å²) in [4.78, 5) is 43.2. The van der Waals surface area contributed by atoms with Gasteiger partial charge in [-0.05, 0) is 53.8 Å². The van der Waals surface area contributed by atoms with Crippen LogP contribution in [0.5, 0.6) is 0 Å². The van der Waals surface area contributed by atoms with Crippen LogP contribution >= 0.6 is 0 Å². The zero-order chi connectivity index (χ0) is 28.5. The van der Waals surface area contributed by atoms with Crippen molar-refractivity contribution in [2.75, 3.05) is 13.1 Å². The van der Waals surface area contributed by atoms with Gasteiger partial charge in [0.05, 0.1) is 23.8 Å². The highest BCUT2D eigenvalue weighted by molar-refractivity contribution is 5.94. The smallest absolute Gasteiger partial charge is 0.247 e. The summed E-state index contributed by atoms with van der Waals surface area (Å²) in [5.41, 5.74) is 2.13. The predicted molar refractivity (Wildman–Crippen MR) is 155 cm³/mol. The van der Waals surface area contributed by atoms with Gasteiger partial charge in [-0.15, -0.1) is 0 Å². The molecule has 0 saturated heterocycles. The number of carbonyl (C=O) groups is 2. The van der Waals surface area contributed by atoms with Gasteiger partial charge in [-0.1, -0.05) is 68.4 Å². The average Bonchev–Trinajstić information content (AvgIpc) is 2.96. The minimum atomic E-state index is -0.382. The van der Waals surface area contributed by atoms with Crippen molar-refractivity contribution in [2.45, 2.75) is 33.4 Å². The van der Waals surface area contributed by atoms with Crippen molar-refractivity contribution in [2.24, 2.45) is 5.92 Å². The van der Waals surface area contributed by atoms with Crippen LogP contribution in [0.25, 0.3) is 17.0 Å². The van der Waals surface area contributed by atoms with Crippen LogP contribution in [0.1, 0.15) is 37.0 Å². The van der Waals surface area contributed by atoms with Gasteiger partial charge in [0, 0.05) is 19.2 Å². The Balaban J connectivity index is 1.60. The number of benzene rings is 3. The summed E-state index contributed by atoms with van der Waals surface area (Å²) in [5, 5.41) is 0.425. The van der Waals surface area contributed by atoms with E-state index >= 15 is 0 Å². The van der Waals surface area contributed by atoms with Crippen LogP contribution in [0.15, 0.2) is 100 Å². The van der Waals surface area contributed by atoms with Crippen molar-refractivity contribution in [1.82, 2.24) is 9.80 Å². The molecule has 0 N–H and O–H groups in total. The number of fused-ring (bicyclic) bond motifs is 1. The molecule has 6 nitrogen and oxygen atoms in total. The SMILES string of the molecule is CC(C)CCN(CC(=O)N(Cc1ccc(F)cc1)Cc1coc2ccccc2c1=O)C(=O)C=Cc1ccccc1. The monoisotopic (exact) mass is 540 g/mol. The minimum Gasteiger partial charge on any atom is -0.464 e. The maximum Gasteiger partial charge on any atom is 0.247 e. The molecule has 0 aliphatic rings. The molecule has 4 rings (SSSR count). The van der Waals surface area contributed by atoms with Crippen LogP contribution in [0.3, 0.4) is 0 Å². The lowest BCUT2D eigenvalue weighted by molar-refractivity contribution is -0.139. The molecular weight excluding hydrogens is 507 g/mol. The number of rotatable bonds is 11. The molecule has 0 unspecified atom stereocenters. The van der Waals surface area contributed by atoms with E-state index in [-0.39, 0.29) is 42.7 Å². The van der Waals surface area contributed by atoms with E-state index in [1.807, 2.05) is 30.3 Å². The van der Waals surface area contributed by atoms with Crippen molar-refractivity contribution >= 4 is 28.9 Å². The summed E-state index contributed by atoms with van der Waals surface area (Å²) in [6.07, 6.45) is 5.31. The molecule has 0 bridgehead atoms. The third-order valence-electron chi connectivity index (χ3n) is 6.58. The Morgan fingerprint density at radius 2 is 1.60 bits per heavy atom. The Morgan fingerprint density at radius 1 is 0.900 bits per heavy atom. The first-order valence-corrected chi connectivity index (χ1v) is 13.3. The number of hydrogen-bond donors (Lipinski definition) is 0. The highest BCUT2D eigenvalue weighted by atomic mass is 19.1. The summed E-state index contributed by atoms with van der Waals surface area (Å²) in [5.74, 6) is -0.652. The largest absolute Gasteiger partial charge is 0.464 e. The Kier molecular flexibility index (Phi) is 9.62. The molecule has 4 aromatic rings. The van der Waals surface area contributed by atoms with E-state index in [4.69, 9.17) is 4.42 Å². The van der Waals surface area contributed by atoms with Gasteiger partial charge < -0.3 is 14.2 Å². The van der Waals surface area contributed by atoms with Gasteiger partial charge in [0.15, 0.2) is 5.43 Å². The molecule has 0 radical (unpaired) electrons. The summed E-state index contributed by atoms with van der Waals surface area (Å²) in [6, 6.07) is 22.3. The molecule has 206 valence electrons. The number of nitrogens with zero attached hydrogens (tertiary/aromatic N) is 2. The highest BCUT2D eigenvalue weighted by Crippen LogP contribution is 2.15. The van der Waals surface area contributed by atoms with Crippen molar-refractivity contribution in [1.29, 1.82) is 0 Å². The van der Waals surface area contributed by atoms with E-state index in [2.05, 4.69) is 13.8 Å². The second-order valence-electron chi connectivity index (χ2n) is 10.1. The molecule has 0 aliphatic carbocycles. The second-order valence-corrected chi connectivity index (χ2v) is 10.1. The van der Waals surface area contributed by atoms with Crippen LogP contribution in [0, 0.1) is 11.7 Å². The molecule has 0 fully saturated rings. The van der Waals surface area contributed by atoms with Gasteiger partial charge in [0.2, 0.25) is 11.8 Å². The van der Waals surface area contributed by atoms with Crippen molar-refractivity contribution in [3.8, 4) is 0 Å². The first-order chi connectivity index (χ1) is 19.3. The Labute approximate surface area is 233 Å². The minimum absolute atomic E-state index is 0.0184. The summed E-state index contributed by atoms with van der Waals surface area (Å²) in [6.45, 7) is 4.48. The van der Waals surface area contributed by atoms with Gasteiger partial charge >= 0.3 is 0 Å². The quantitative estimate of drug-likeness (QED) is 0.217. The molecule has 0 spiro atoms. The van der Waals surface area contributed by atoms with Gasteiger partial charge in [0.25, 0.3) is 0 Å². The molecule has 1 aromatic heterocycles. The molecule has 0 aliphatic heterocycles.